The van der Waals surface area contributed by atoms with Crippen molar-refractivity contribution in [2.24, 2.45) is 5.92 Å². The number of thiazole rings is 1. The third kappa shape index (κ3) is 3.37. The first-order valence-corrected chi connectivity index (χ1v) is 10.2. The molecule has 2 aromatic rings. The van der Waals surface area contributed by atoms with Gasteiger partial charge < -0.3 is 5.32 Å². The van der Waals surface area contributed by atoms with Gasteiger partial charge in [0, 0.05) is 11.6 Å². The highest BCUT2D eigenvalue weighted by atomic mass is 35.5. The topological polar surface area (TPSA) is 79.4 Å². The van der Waals surface area contributed by atoms with Gasteiger partial charge in [-0.05, 0) is 24.5 Å². The van der Waals surface area contributed by atoms with E-state index >= 15 is 0 Å². The number of halogens is 1. The lowest BCUT2D eigenvalue weighted by Crippen LogP contribution is -2.47. The first-order valence-electron chi connectivity index (χ1n) is 8.93. The molecular weight excluding hydrogens is 386 g/mol. The van der Waals surface area contributed by atoms with Crippen LogP contribution in [0.1, 0.15) is 42.5 Å². The van der Waals surface area contributed by atoms with Crippen molar-refractivity contribution in [3.8, 4) is 0 Å². The van der Waals surface area contributed by atoms with Gasteiger partial charge in [0.25, 0.3) is 11.7 Å². The summed E-state index contributed by atoms with van der Waals surface area (Å²) in [5.74, 6) is -1.33. The van der Waals surface area contributed by atoms with E-state index in [1.807, 2.05) is 0 Å². The normalized spacial score (nSPS) is 18.0. The van der Waals surface area contributed by atoms with Gasteiger partial charge in [-0.1, -0.05) is 43.4 Å². The number of hydrogen-bond donors (Lipinski definition) is 1. The highest BCUT2D eigenvalue weighted by molar-refractivity contribution is 7.13. The zero-order valence-electron chi connectivity index (χ0n) is 14.5. The maximum atomic E-state index is 13.0. The number of aromatic nitrogens is 1. The van der Waals surface area contributed by atoms with E-state index in [0.717, 1.165) is 25.7 Å². The predicted octanol–water partition coefficient (Wildman–Crippen LogP) is 3.91. The highest BCUT2D eigenvalue weighted by Gasteiger charge is 2.44. The molecule has 0 bridgehead atoms. The minimum absolute atomic E-state index is 0.183. The third-order valence-corrected chi connectivity index (χ3v) is 6.20. The van der Waals surface area contributed by atoms with Crippen LogP contribution in [0.5, 0.6) is 0 Å². The third-order valence-electron chi connectivity index (χ3n) is 5.20. The Balaban J connectivity index is 1.69. The Kier molecular flexibility index (Phi) is 4.97. The van der Waals surface area contributed by atoms with Crippen molar-refractivity contribution in [3.05, 3.63) is 40.4 Å². The summed E-state index contributed by atoms with van der Waals surface area (Å²) in [4.78, 5) is 43.7. The number of nitrogens with zero attached hydrogens (tertiary/aromatic N) is 2. The molecule has 1 aliphatic carbocycles. The molecule has 6 nitrogen and oxygen atoms in total. The number of ketones is 1. The molecule has 1 N–H and O–H groups in total. The maximum absolute atomic E-state index is 13.0. The fourth-order valence-electron chi connectivity index (χ4n) is 3.94. The number of carbonyl (C=O) groups is 3. The minimum Gasteiger partial charge on any atom is -0.300 e. The van der Waals surface area contributed by atoms with Gasteiger partial charge >= 0.3 is 0 Å². The molecule has 0 spiro atoms. The molecule has 1 fully saturated rings. The van der Waals surface area contributed by atoms with Crippen LogP contribution in [0.25, 0.3) is 0 Å². The number of rotatable bonds is 5. The largest absolute Gasteiger partial charge is 0.300 e. The van der Waals surface area contributed by atoms with Crippen LogP contribution in [-0.4, -0.2) is 28.6 Å². The quantitative estimate of drug-likeness (QED) is 0.767. The second kappa shape index (κ2) is 7.40. The van der Waals surface area contributed by atoms with Crippen LogP contribution in [0.3, 0.4) is 0 Å². The summed E-state index contributed by atoms with van der Waals surface area (Å²) < 4.78 is 0. The van der Waals surface area contributed by atoms with Crippen molar-refractivity contribution in [2.45, 2.75) is 38.1 Å². The lowest BCUT2D eigenvalue weighted by Gasteiger charge is -2.28. The number of Topliss-reactive ketones (excluding diaryl/α,β-unsaturated/α-hetero) is 1. The molecule has 8 heteroatoms. The molecule has 1 saturated carbocycles. The van der Waals surface area contributed by atoms with Crippen LogP contribution >= 0.6 is 22.9 Å². The van der Waals surface area contributed by atoms with Crippen molar-refractivity contribution in [2.75, 3.05) is 10.2 Å². The summed E-state index contributed by atoms with van der Waals surface area (Å²) in [5, 5.41) is 5.25. The van der Waals surface area contributed by atoms with Crippen molar-refractivity contribution in [3.63, 3.8) is 0 Å². The minimum atomic E-state index is -0.770. The summed E-state index contributed by atoms with van der Waals surface area (Å²) in [7, 11) is 0. The Morgan fingerprint density at radius 1 is 1.33 bits per heavy atom. The molecule has 2 heterocycles. The summed E-state index contributed by atoms with van der Waals surface area (Å²) in [6.07, 6.45) is 6.43. The van der Waals surface area contributed by atoms with Crippen molar-refractivity contribution < 1.29 is 14.4 Å². The van der Waals surface area contributed by atoms with Crippen molar-refractivity contribution in [1.29, 1.82) is 0 Å². The molecule has 0 radical (unpaired) electrons. The maximum Gasteiger partial charge on any atom is 0.300 e. The van der Waals surface area contributed by atoms with Gasteiger partial charge in [-0.25, -0.2) is 4.98 Å². The molecule has 1 aromatic carbocycles. The Morgan fingerprint density at radius 3 is 2.81 bits per heavy atom. The molecule has 140 valence electrons. The molecule has 1 aromatic heterocycles. The van der Waals surface area contributed by atoms with Crippen LogP contribution < -0.4 is 10.2 Å². The van der Waals surface area contributed by atoms with E-state index in [1.165, 1.54) is 16.2 Å². The van der Waals surface area contributed by atoms with Crippen LogP contribution in [-0.2, 0) is 9.59 Å². The zero-order valence-corrected chi connectivity index (χ0v) is 16.1. The SMILES string of the molecule is O=C1C(=O)N(C(CC2CCCC2)C(=O)Nc2nccs2)c2cccc(Cl)c21. The van der Waals surface area contributed by atoms with E-state index in [9.17, 15) is 14.4 Å². The first-order chi connectivity index (χ1) is 13.1. The van der Waals surface area contributed by atoms with Gasteiger partial charge in [-0.15, -0.1) is 11.3 Å². The lowest BCUT2D eigenvalue weighted by molar-refractivity contribution is -0.121. The Morgan fingerprint density at radius 2 is 2.11 bits per heavy atom. The van der Waals surface area contributed by atoms with Crippen LogP contribution in [0.15, 0.2) is 29.8 Å². The van der Waals surface area contributed by atoms with E-state index in [-0.39, 0.29) is 16.5 Å². The van der Waals surface area contributed by atoms with Crippen LogP contribution in [0.2, 0.25) is 5.02 Å². The monoisotopic (exact) mass is 403 g/mol. The fraction of sp³-hybridized carbons (Fsp3) is 0.368. The standard InChI is InChI=1S/C19H18ClN3O3S/c20-12-6-3-7-13-15(12)16(24)18(26)23(13)14(10-11-4-1-2-5-11)17(25)22-19-21-8-9-27-19/h3,6-9,11,14H,1-2,4-5,10H2,(H,21,22,25). The highest BCUT2D eigenvalue weighted by Crippen LogP contribution is 2.38. The van der Waals surface area contributed by atoms with E-state index in [1.54, 1.807) is 29.8 Å². The van der Waals surface area contributed by atoms with E-state index in [4.69, 9.17) is 11.6 Å². The molecule has 1 aliphatic heterocycles. The molecule has 1 atom stereocenters. The number of benzene rings is 1. The van der Waals surface area contributed by atoms with Gasteiger partial charge in [0.05, 0.1) is 16.3 Å². The van der Waals surface area contributed by atoms with Gasteiger partial charge in [0.15, 0.2) is 5.13 Å². The second-order valence-corrected chi connectivity index (χ2v) is 8.17. The fourth-order valence-corrected chi connectivity index (χ4v) is 4.73. The Labute approximate surface area is 165 Å². The van der Waals surface area contributed by atoms with Gasteiger partial charge in [-0.2, -0.15) is 0 Å². The van der Waals surface area contributed by atoms with E-state index in [0.29, 0.717) is 23.2 Å². The van der Waals surface area contributed by atoms with E-state index in [2.05, 4.69) is 10.3 Å². The number of hydrogen-bond acceptors (Lipinski definition) is 5. The average Bonchev–Trinajstić information content (AvgIpc) is 3.38. The molecule has 27 heavy (non-hydrogen) atoms. The number of fused-ring (bicyclic) bond motifs is 1. The Bertz CT molecular complexity index is 894. The Hall–Kier alpha value is -2.25. The second-order valence-electron chi connectivity index (χ2n) is 6.87. The van der Waals surface area contributed by atoms with Gasteiger partial charge in [0.2, 0.25) is 5.91 Å². The number of anilines is 2. The van der Waals surface area contributed by atoms with Crippen molar-refractivity contribution >= 4 is 51.4 Å². The zero-order chi connectivity index (χ0) is 19.0. The number of nitrogens with one attached hydrogen (secondary N) is 1. The number of carbonyl (C=O) groups excluding carboxylic acids is 3. The molecule has 0 saturated heterocycles. The molecule has 4 rings (SSSR count). The first kappa shape index (κ1) is 18.1. The molecular formula is C19H18ClN3O3S. The van der Waals surface area contributed by atoms with Gasteiger partial charge in [0.1, 0.15) is 6.04 Å². The van der Waals surface area contributed by atoms with Crippen LogP contribution in [0, 0.1) is 5.92 Å². The smallest absolute Gasteiger partial charge is 0.300 e. The number of amides is 2. The molecule has 1 unspecified atom stereocenters. The average molecular weight is 404 g/mol. The van der Waals surface area contributed by atoms with Gasteiger partial charge in [-0.3, -0.25) is 19.3 Å². The van der Waals surface area contributed by atoms with Crippen molar-refractivity contribution in [1.82, 2.24) is 4.98 Å². The summed E-state index contributed by atoms with van der Waals surface area (Å²) in [6, 6.07) is 4.16. The molecule has 2 aliphatic rings. The summed E-state index contributed by atoms with van der Waals surface area (Å²) in [5.41, 5.74) is 0.595. The predicted molar refractivity (Wildman–Crippen MR) is 104 cm³/mol. The van der Waals surface area contributed by atoms with Crippen LogP contribution in [0.4, 0.5) is 10.8 Å². The lowest BCUT2D eigenvalue weighted by atomic mass is 9.96. The van der Waals surface area contributed by atoms with E-state index < -0.39 is 17.7 Å². The summed E-state index contributed by atoms with van der Waals surface area (Å²) >= 11 is 7.46. The molecule has 2 amide bonds. The summed E-state index contributed by atoms with van der Waals surface area (Å²) in [6.45, 7) is 0.